The first-order valence-electron chi connectivity index (χ1n) is 10.1. The number of rotatable bonds is 8. The van der Waals surface area contributed by atoms with Crippen LogP contribution >= 0.6 is 0 Å². The lowest BCUT2D eigenvalue weighted by Crippen LogP contribution is -2.36. The van der Waals surface area contributed by atoms with Gasteiger partial charge in [-0.05, 0) is 34.4 Å². The maximum Gasteiger partial charge on any atom is 0.407 e. The zero-order valence-corrected chi connectivity index (χ0v) is 17.2. The Kier molecular flexibility index (Phi) is 6.36. The minimum atomic E-state index is -1.28. The number of carbonyl (C=O) groups is 1. The first kappa shape index (κ1) is 21.1. The van der Waals surface area contributed by atoms with E-state index in [2.05, 4.69) is 17.4 Å². The van der Waals surface area contributed by atoms with E-state index in [1.807, 2.05) is 36.4 Å². The lowest BCUT2D eigenvalue weighted by atomic mass is 9.98. The molecule has 0 spiro atoms. The number of benzene rings is 2. The first-order chi connectivity index (χ1) is 15.1. The molecule has 3 N–H and O–H groups in total. The topological polar surface area (TPSA) is 101 Å². The molecule has 0 fully saturated rings. The van der Waals surface area contributed by atoms with Gasteiger partial charge >= 0.3 is 6.09 Å². The van der Waals surface area contributed by atoms with Crippen molar-refractivity contribution in [3.8, 4) is 11.1 Å². The van der Waals surface area contributed by atoms with E-state index in [0.29, 0.717) is 5.76 Å². The molecule has 0 aliphatic heterocycles. The van der Waals surface area contributed by atoms with Gasteiger partial charge in [0.25, 0.3) is 0 Å². The van der Waals surface area contributed by atoms with E-state index in [1.165, 1.54) is 7.11 Å². The Balaban J connectivity index is 1.31. The van der Waals surface area contributed by atoms with Crippen molar-refractivity contribution in [1.82, 2.24) is 5.32 Å². The smallest absolute Gasteiger partial charge is 0.407 e. The van der Waals surface area contributed by atoms with Crippen LogP contribution in [0.25, 0.3) is 11.1 Å². The van der Waals surface area contributed by atoms with E-state index < -0.39 is 18.3 Å². The maximum absolute atomic E-state index is 12.2. The Morgan fingerprint density at radius 2 is 1.68 bits per heavy atom. The molecule has 4 rings (SSSR count). The van der Waals surface area contributed by atoms with E-state index in [1.54, 1.807) is 12.1 Å². The number of methoxy groups -OCH3 is 1. The summed E-state index contributed by atoms with van der Waals surface area (Å²) in [6.45, 7) is 0.260. The van der Waals surface area contributed by atoms with Gasteiger partial charge in [-0.25, -0.2) is 4.79 Å². The molecule has 1 heterocycles. The number of carbonyl (C=O) groups excluding carboxylic acids is 1. The second-order valence-electron chi connectivity index (χ2n) is 7.46. The summed E-state index contributed by atoms with van der Waals surface area (Å²) in [6, 6.07) is 19.4. The fourth-order valence-electron chi connectivity index (χ4n) is 3.91. The highest BCUT2D eigenvalue weighted by molar-refractivity contribution is 5.79. The van der Waals surface area contributed by atoms with Crippen molar-refractivity contribution in [3.05, 3.63) is 83.3 Å². The Bertz CT molecular complexity index is 1000. The molecule has 0 radical (unpaired) electrons. The number of aliphatic hydroxyl groups is 2. The van der Waals surface area contributed by atoms with Gasteiger partial charge in [-0.2, -0.15) is 0 Å². The van der Waals surface area contributed by atoms with Crippen molar-refractivity contribution < 1.29 is 28.9 Å². The molecule has 0 saturated carbocycles. The van der Waals surface area contributed by atoms with E-state index in [4.69, 9.17) is 13.9 Å². The molecule has 3 aromatic rings. The molecule has 1 aliphatic rings. The SMILES string of the molecule is COCc1ccc(C(O)C(O)CNC(=O)OCC2c3ccccc3-c3ccccc32)o1. The normalized spacial score (nSPS) is 14.5. The van der Waals surface area contributed by atoms with Crippen LogP contribution in [0, 0.1) is 0 Å². The zero-order valence-electron chi connectivity index (χ0n) is 17.2. The van der Waals surface area contributed by atoms with Crippen molar-refractivity contribution in [2.45, 2.75) is 24.7 Å². The van der Waals surface area contributed by atoms with Gasteiger partial charge in [0.05, 0.1) is 0 Å². The minimum absolute atomic E-state index is 0.0454. The number of hydrogen-bond acceptors (Lipinski definition) is 6. The van der Waals surface area contributed by atoms with Crippen LogP contribution in [-0.2, 0) is 16.1 Å². The summed E-state index contributed by atoms with van der Waals surface area (Å²) < 4.78 is 15.8. The molecule has 0 saturated heterocycles. The average Bonchev–Trinajstić information content (AvgIpc) is 3.38. The summed E-state index contributed by atoms with van der Waals surface area (Å²) >= 11 is 0. The highest BCUT2D eigenvalue weighted by Gasteiger charge is 2.29. The molecule has 1 aromatic heterocycles. The largest absolute Gasteiger partial charge is 0.461 e. The van der Waals surface area contributed by atoms with E-state index in [0.717, 1.165) is 22.3 Å². The van der Waals surface area contributed by atoms with Gasteiger partial charge in [0.1, 0.15) is 36.9 Å². The number of hydrogen-bond donors (Lipinski definition) is 3. The average molecular weight is 423 g/mol. The van der Waals surface area contributed by atoms with Crippen LogP contribution in [0.3, 0.4) is 0 Å². The molecular formula is C24H25NO6. The standard InChI is InChI=1S/C24H25NO6/c1-29-13-15-10-11-22(31-15)23(27)21(26)12-25-24(28)30-14-20-18-8-4-2-6-16(18)17-7-3-5-9-19(17)20/h2-11,20-21,23,26-27H,12-14H2,1H3,(H,25,28). The van der Waals surface area contributed by atoms with E-state index in [9.17, 15) is 15.0 Å². The van der Waals surface area contributed by atoms with E-state index in [-0.39, 0.29) is 31.4 Å². The third kappa shape index (κ3) is 4.49. The van der Waals surface area contributed by atoms with Crippen LogP contribution in [0.5, 0.6) is 0 Å². The number of nitrogens with one attached hydrogen (secondary N) is 1. The van der Waals surface area contributed by atoms with Crippen LogP contribution in [0.1, 0.15) is 34.7 Å². The molecule has 0 bridgehead atoms. The van der Waals surface area contributed by atoms with Crippen molar-refractivity contribution >= 4 is 6.09 Å². The molecule has 31 heavy (non-hydrogen) atoms. The molecule has 162 valence electrons. The van der Waals surface area contributed by atoms with E-state index >= 15 is 0 Å². The summed E-state index contributed by atoms with van der Waals surface area (Å²) in [5.74, 6) is 0.693. The second kappa shape index (κ2) is 9.34. The molecule has 7 heteroatoms. The number of alkyl carbamates (subject to hydrolysis) is 1. The van der Waals surface area contributed by atoms with Crippen molar-refractivity contribution in [2.75, 3.05) is 20.3 Å². The van der Waals surface area contributed by atoms with Gasteiger partial charge in [0.2, 0.25) is 0 Å². The Hall–Kier alpha value is -3.13. The predicted molar refractivity (Wildman–Crippen MR) is 113 cm³/mol. The van der Waals surface area contributed by atoms with Gasteiger partial charge in [-0.15, -0.1) is 0 Å². The van der Waals surface area contributed by atoms with Gasteiger partial charge in [0, 0.05) is 19.6 Å². The van der Waals surface area contributed by atoms with Gasteiger partial charge in [-0.3, -0.25) is 0 Å². The molecule has 2 unspecified atom stereocenters. The number of furan rings is 1. The molecule has 2 aromatic carbocycles. The Morgan fingerprint density at radius 3 is 2.32 bits per heavy atom. The monoisotopic (exact) mass is 423 g/mol. The number of ether oxygens (including phenoxy) is 2. The van der Waals surface area contributed by atoms with Crippen molar-refractivity contribution in [3.63, 3.8) is 0 Å². The van der Waals surface area contributed by atoms with Gasteiger partial charge in [0.15, 0.2) is 0 Å². The maximum atomic E-state index is 12.2. The van der Waals surface area contributed by atoms with Crippen LogP contribution in [0.15, 0.2) is 65.1 Å². The van der Waals surface area contributed by atoms with Crippen molar-refractivity contribution in [2.24, 2.45) is 0 Å². The summed E-state index contributed by atoms with van der Waals surface area (Å²) in [5.41, 5.74) is 4.54. The highest BCUT2D eigenvalue weighted by atomic mass is 16.5. The summed E-state index contributed by atoms with van der Waals surface area (Å²) in [5, 5.41) is 22.9. The van der Waals surface area contributed by atoms with Gasteiger partial charge in [-0.1, -0.05) is 48.5 Å². The zero-order chi connectivity index (χ0) is 21.8. The summed E-state index contributed by atoms with van der Waals surface area (Å²) in [4.78, 5) is 12.2. The minimum Gasteiger partial charge on any atom is -0.461 e. The summed E-state index contributed by atoms with van der Waals surface area (Å²) in [7, 11) is 1.53. The van der Waals surface area contributed by atoms with Crippen LogP contribution < -0.4 is 5.32 Å². The van der Waals surface area contributed by atoms with Crippen molar-refractivity contribution in [1.29, 1.82) is 0 Å². The highest BCUT2D eigenvalue weighted by Crippen LogP contribution is 2.44. The number of aliphatic hydroxyl groups excluding tert-OH is 2. The quantitative estimate of drug-likeness (QED) is 0.514. The third-order valence-electron chi connectivity index (χ3n) is 5.42. The second-order valence-corrected chi connectivity index (χ2v) is 7.46. The van der Waals surface area contributed by atoms with Crippen LogP contribution in [0.4, 0.5) is 4.79 Å². The van der Waals surface area contributed by atoms with Crippen LogP contribution in [0.2, 0.25) is 0 Å². The summed E-state index contributed by atoms with van der Waals surface area (Å²) in [6.07, 6.45) is -3.19. The fourth-order valence-corrected chi connectivity index (χ4v) is 3.91. The molecule has 7 nitrogen and oxygen atoms in total. The van der Waals surface area contributed by atoms with Gasteiger partial charge < -0.3 is 29.4 Å². The Labute approximate surface area is 180 Å². The fraction of sp³-hybridized carbons (Fsp3) is 0.292. The number of fused-ring (bicyclic) bond motifs is 3. The van der Waals surface area contributed by atoms with Crippen LogP contribution in [-0.4, -0.2) is 42.7 Å². The molecule has 1 amide bonds. The molecular weight excluding hydrogens is 398 g/mol. The number of amides is 1. The Morgan fingerprint density at radius 1 is 1.03 bits per heavy atom. The lowest BCUT2D eigenvalue weighted by Gasteiger charge is -2.18. The predicted octanol–water partition coefficient (Wildman–Crippen LogP) is 3.36. The molecule has 2 atom stereocenters. The lowest BCUT2D eigenvalue weighted by molar-refractivity contribution is 0.00449. The third-order valence-corrected chi connectivity index (χ3v) is 5.42. The molecule has 1 aliphatic carbocycles. The first-order valence-corrected chi connectivity index (χ1v) is 10.1.